The number of rotatable bonds is 3. The van der Waals surface area contributed by atoms with E-state index in [9.17, 15) is 5.11 Å². The first kappa shape index (κ1) is 13.3. The van der Waals surface area contributed by atoms with E-state index in [1.54, 1.807) is 0 Å². The van der Waals surface area contributed by atoms with Gasteiger partial charge in [-0.3, -0.25) is 0 Å². The topological polar surface area (TPSA) is 64.5 Å². The van der Waals surface area contributed by atoms with Crippen LogP contribution in [-0.4, -0.2) is 27.9 Å². The van der Waals surface area contributed by atoms with Crippen LogP contribution >= 0.6 is 11.5 Å². The number of fused-ring (bicyclic) bond motifs is 1. The molecule has 1 unspecified atom stereocenters. The molecule has 0 amide bonds. The molecule has 0 bridgehead atoms. The summed E-state index contributed by atoms with van der Waals surface area (Å²) in [5.74, 6) is 1.63. The molecule has 106 valence electrons. The van der Waals surface area contributed by atoms with Crippen molar-refractivity contribution in [2.45, 2.75) is 25.9 Å². The first-order valence-electron chi connectivity index (χ1n) is 6.56. The predicted octanol–water partition coefficient (Wildman–Crippen LogP) is 2.51. The third-order valence-corrected chi connectivity index (χ3v) is 4.01. The maximum Gasteiger partial charge on any atom is 0.161 e. The van der Waals surface area contributed by atoms with Gasteiger partial charge < -0.3 is 14.6 Å². The minimum atomic E-state index is -0.733. The fourth-order valence-corrected chi connectivity index (χ4v) is 3.00. The summed E-state index contributed by atoms with van der Waals surface area (Å²) < 4.78 is 15.0. The van der Waals surface area contributed by atoms with Gasteiger partial charge in [0.15, 0.2) is 11.5 Å². The second kappa shape index (κ2) is 5.38. The molecule has 1 aliphatic rings. The number of benzene rings is 1. The molecule has 0 aliphatic carbocycles. The highest BCUT2D eigenvalue weighted by atomic mass is 32.1. The zero-order valence-corrected chi connectivity index (χ0v) is 12.2. The number of nitrogens with zero attached hydrogens (tertiary/aromatic N) is 2. The number of ether oxygens (including phenoxy) is 2. The van der Waals surface area contributed by atoms with E-state index in [2.05, 4.69) is 9.59 Å². The number of aromatic nitrogens is 2. The lowest BCUT2D eigenvalue weighted by atomic mass is 10.0. The first-order chi connectivity index (χ1) is 9.66. The third-order valence-electron chi connectivity index (χ3n) is 3.22. The van der Waals surface area contributed by atoms with Gasteiger partial charge >= 0.3 is 0 Å². The quantitative estimate of drug-likeness (QED) is 0.941. The minimum absolute atomic E-state index is 0.232. The average Bonchev–Trinajstić information content (AvgIpc) is 2.95. The Hall–Kier alpha value is -1.66. The van der Waals surface area contributed by atoms with Crippen LogP contribution in [0.3, 0.4) is 0 Å². The lowest BCUT2D eigenvalue weighted by Gasteiger charge is -2.20. The van der Waals surface area contributed by atoms with Crippen LogP contribution in [0.15, 0.2) is 18.2 Å². The van der Waals surface area contributed by atoms with Crippen LogP contribution in [0.1, 0.15) is 42.0 Å². The molecule has 3 rings (SSSR count). The van der Waals surface area contributed by atoms with Crippen LogP contribution in [0.4, 0.5) is 0 Å². The van der Waals surface area contributed by atoms with Crippen molar-refractivity contribution >= 4 is 11.5 Å². The normalized spacial score (nSPS) is 15.4. The van der Waals surface area contributed by atoms with Crippen molar-refractivity contribution in [3.63, 3.8) is 0 Å². The molecule has 0 saturated carbocycles. The molecule has 1 aromatic carbocycles. The van der Waals surface area contributed by atoms with Crippen molar-refractivity contribution in [1.82, 2.24) is 9.59 Å². The molecule has 1 aliphatic heterocycles. The fourth-order valence-electron chi connectivity index (χ4n) is 2.18. The van der Waals surface area contributed by atoms with Gasteiger partial charge in [0.2, 0.25) is 0 Å². The van der Waals surface area contributed by atoms with Gasteiger partial charge in [-0.1, -0.05) is 24.4 Å². The van der Waals surface area contributed by atoms with E-state index in [0.717, 1.165) is 21.9 Å². The molecule has 0 fully saturated rings. The van der Waals surface area contributed by atoms with E-state index in [0.29, 0.717) is 19.0 Å². The number of aliphatic hydroxyl groups excluding tert-OH is 1. The zero-order valence-electron chi connectivity index (χ0n) is 11.4. The molecule has 1 atom stereocenters. The monoisotopic (exact) mass is 292 g/mol. The molecule has 0 radical (unpaired) electrons. The van der Waals surface area contributed by atoms with E-state index in [1.807, 2.05) is 32.0 Å². The summed E-state index contributed by atoms with van der Waals surface area (Å²) in [6, 6.07) is 5.50. The third kappa shape index (κ3) is 2.36. The van der Waals surface area contributed by atoms with E-state index < -0.39 is 6.10 Å². The molecule has 2 aromatic rings. The summed E-state index contributed by atoms with van der Waals surface area (Å²) in [7, 11) is 0. The Kier molecular flexibility index (Phi) is 3.58. The maximum atomic E-state index is 10.5. The van der Waals surface area contributed by atoms with Gasteiger partial charge in [-0.05, 0) is 35.1 Å². The number of hydrogen-bond donors (Lipinski definition) is 1. The molecule has 20 heavy (non-hydrogen) atoms. The SMILES string of the molecule is CC(C)c1nnsc1C(O)c1ccc2c(c1)OCCO2. The average molecular weight is 292 g/mol. The van der Waals surface area contributed by atoms with Crippen molar-refractivity contribution in [3.05, 3.63) is 34.3 Å². The summed E-state index contributed by atoms with van der Waals surface area (Å²) >= 11 is 1.24. The Morgan fingerprint density at radius 3 is 2.70 bits per heavy atom. The van der Waals surface area contributed by atoms with Crippen LogP contribution in [-0.2, 0) is 0 Å². The highest BCUT2D eigenvalue weighted by molar-refractivity contribution is 7.05. The lowest BCUT2D eigenvalue weighted by molar-refractivity contribution is 0.169. The summed E-state index contributed by atoms with van der Waals surface area (Å²) in [6.45, 7) is 5.17. The number of aliphatic hydroxyl groups is 1. The molecule has 0 saturated heterocycles. The van der Waals surface area contributed by atoms with E-state index in [4.69, 9.17) is 9.47 Å². The molecule has 0 spiro atoms. The van der Waals surface area contributed by atoms with Crippen LogP contribution < -0.4 is 9.47 Å². The first-order valence-corrected chi connectivity index (χ1v) is 7.34. The summed E-state index contributed by atoms with van der Waals surface area (Å²) in [4.78, 5) is 0.789. The van der Waals surface area contributed by atoms with Gasteiger partial charge in [0, 0.05) is 0 Å². The Labute approximate surface area is 121 Å². The minimum Gasteiger partial charge on any atom is -0.486 e. The van der Waals surface area contributed by atoms with Gasteiger partial charge in [0.25, 0.3) is 0 Å². The zero-order chi connectivity index (χ0) is 14.1. The van der Waals surface area contributed by atoms with Crippen molar-refractivity contribution in [3.8, 4) is 11.5 Å². The Morgan fingerprint density at radius 2 is 1.95 bits per heavy atom. The van der Waals surface area contributed by atoms with Crippen molar-refractivity contribution in [1.29, 1.82) is 0 Å². The predicted molar refractivity (Wildman–Crippen MR) is 75.5 cm³/mol. The van der Waals surface area contributed by atoms with Crippen LogP contribution in [0.5, 0.6) is 11.5 Å². The fraction of sp³-hybridized carbons (Fsp3) is 0.429. The van der Waals surface area contributed by atoms with Crippen molar-refractivity contribution < 1.29 is 14.6 Å². The van der Waals surface area contributed by atoms with Gasteiger partial charge in [0.05, 0.1) is 10.6 Å². The molecule has 5 nitrogen and oxygen atoms in total. The van der Waals surface area contributed by atoms with Crippen molar-refractivity contribution in [2.75, 3.05) is 13.2 Å². The van der Waals surface area contributed by atoms with E-state index in [1.165, 1.54) is 11.5 Å². The van der Waals surface area contributed by atoms with E-state index >= 15 is 0 Å². The second-order valence-corrected chi connectivity index (χ2v) is 5.77. The summed E-state index contributed by atoms with van der Waals surface area (Å²) in [6.07, 6.45) is -0.733. The molecule has 2 heterocycles. The standard InChI is InChI=1S/C14H16N2O3S/c1-8(2)12-14(20-16-15-12)13(17)9-3-4-10-11(7-9)19-6-5-18-10/h3-4,7-8,13,17H,5-6H2,1-2H3. The highest BCUT2D eigenvalue weighted by Crippen LogP contribution is 2.36. The molecule has 6 heteroatoms. The van der Waals surface area contributed by atoms with Gasteiger partial charge in [0.1, 0.15) is 19.3 Å². The molecule has 1 N–H and O–H groups in total. The second-order valence-electron chi connectivity index (χ2n) is 4.98. The highest BCUT2D eigenvalue weighted by Gasteiger charge is 2.22. The lowest BCUT2D eigenvalue weighted by Crippen LogP contribution is -2.15. The molecular formula is C14H16N2O3S. The summed E-state index contributed by atoms with van der Waals surface area (Å²) in [5.41, 5.74) is 1.61. The molecular weight excluding hydrogens is 276 g/mol. The van der Waals surface area contributed by atoms with E-state index in [-0.39, 0.29) is 5.92 Å². The van der Waals surface area contributed by atoms with Crippen molar-refractivity contribution in [2.24, 2.45) is 0 Å². The number of hydrogen-bond acceptors (Lipinski definition) is 6. The van der Waals surface area contributed by atoms with Crippen LogP contribution in [0.2, 0.25) is 0 Å². The summed E-state index contributed by atoms with van der Waals surface area (Å²) in [5, 5.41) is 14.6. The Bertz CT molecular complexity index is 612. The van der Waals surface area contributed by atoms with Gasteiger partial charge in [-0.15, -0.1) is 5.10 Å². The largest absolute Gasteiger partial charge is 0.486 e. The van der Waals surface area contributed by atoms with Gasteiger partial charge in [-0.2, -0.15) is 0 Å². The Balaban J connectivity index is 1.94. The van der Waals surface area contributed by atoms with Crippen LogP contribution in [0.25, 0.3) is 0 Å². The van der Waals surface area contributed by atoms with Gasteiger partial charge in [-0.25, -0.2) is 0 Å². The van der Waals surface area contributed by atoms with Crippen LogP contribution in [0, 0.1) is 0 Å². The molecule has 1 aromatic heterocycles. The smallest absolute Gasteiger partial charge is 0.161 e. The Morgan fingerprint density at radius 1 is 1.20 bits per heavy atom. The maximum absolute atomic E-state index is 10.5.